The maximum Gasteiger partial charge on any atom is 0.173 e. The molecule has 0 unspecified atom stereocenters. The minimum Gasteiger partial charge on any atom is -0.294 e. The summed E-state index contributed by atoms with van der Waals surface area (Å²) in [4.78, 5) is 11.6. The molecule has 0 atom stereocenters. The van der Waals surface area contributed by atoms with E-state index in [2.05, 4.69) is 5.10 Å². The van der Waals surface area contributed by atoms with E-state index in [4.69, 9.17) is 10.5 Å². The number of carbonyl (C=O) groups is 1. The standard InChI is InChI=1S/C10H8N4O/c11-4-5-14-8-2-1-3-9(15)10(8)7(6-12)13-14/h1-3,5H2. The summed E-state index contributed by atoms with van der Waals surface area (Å²) < 4.78 is 1.46. The van der Waals surface area contributed by atoms with Crippen molar-refractivity contribution in [2.45, 2.75) is 25.8 Å². The summed E-state index contributed by atoms with van der Waals surface area (Å²) in [6.45, 7) is 0.0945. The SMILES string of the molecule is N#CCn1nc(C#N)c2c1CCCC2=O. The molecular weight excluding hydrogens is 192 g/mol. The molecule has 15 heavy (non-hydrogen) atoms. The minimum absolute atomic E-state index is 0.0306. The molecule has 0 spiro atoms. The van der Waals surface area contributed by atoms with Gasteiger partial charge in [-0.05, 0) is 12.8 Å². The Morgan fingerprint density at radius 3 is 2.87 bits per heavy atom. The number of carbonyl (C=O) groups excluding carboxylic acids is 1. The monoisotopic (exact) mass is 200 g/mol. The average molecular weight is 200 g/mol. The second-order valence-corrected chi connectivity index (χ2v) is 3.37. The third-order valence-corrected chi connectivity index (χ3v) is 2.48. The van der Waals surface area contributed by atoms with E-state index >= 15 is 0 Å². The fraction of sp³-hybridized carbons (Fsp3) is 0.400. The molecule has 0 saturated carbocycles. The summed E-state index contributed by atoms with van der Waals surface area (Å²) in [6, 6.07) is 3.87. The van der Waals surface area contributed by atoms with Crippen molar-refractivity contribution in [3.05, 3.63) is 17.0 Å². The highest BCUT2D eigenvalue weighted by Gasteiger charge is 2.26. The lowest BCUT2D eigenvalue weighted by atomic mass is 9.95. The van der Waals surface area contributed by atoms with Crippen molar-refractivity contribution in [3.63, 3.8) is 0 Å². The Morgan fingerprint density at radius 2 is 2.20 bits per heavy atom. The molecule has 0 N–H and O–H groups in total. The molecule has 0 aliphatic heterocycles. The number of rotatable bonds is 1. The van der Waals surface area contributed by atoms with Gasteiger partial charge in [-0.2, -0.15) is 15.6 Å². The van der Waals surface area contributed by atoms with Gasteiger partial charge in [0.1, 0.15) is 12.6 Å². The molecule has 74 valence electrons. The van der Waals surface area contributed by atoms with Crippen LogP contribution in [-0.2, 0) is 13.0 Å². The molecule has 0 bridgehead atoms. The van der Waals surface area contributed by atoms with Gasteiger partial charge in [-0.1, -0.05) is 0 Å². The first kappa shape index (κ1) is 9.42. The van der Waals surface area contributed by atoms with Gasteiger partial charge in [-0.15, -0.1) is 0 Å². The first-order chi connectivity index (χ1) is 7.27. The second-order valence-electron chi connectivity index (χ2n) is 3.37. The molecule has 1 aliphatic rings. The quantitative estimate of drug-likeness (QED) is 0.671. The van der Waals surface area contributed by atoms with E-state index in [0.717, 1.165) is 18.5 Å². The lowest BCUT2D eigenvalue weighted by Crippen LogP contribution is -2.13. The molecule has 0 amide bonds. The van der Waals surface area contributed by atoms with Crippen LogP contribution in [0, 0.1) is 22.7 Å². The largest absolute Gasteiger partial charge is 0.294 e. The van der Waals surface area contributed by atoms with Crippen molar-refractivity contribution in [2.24, 2.45) is 0 Å². The Morgan fingerprint density at radius 1 is 1.40 bits per heavy atom. The lowest BCUT2D eigenvalue weighted by Gasteiger charge is -2.10. The van der Waals surface area contributed by atoms with Gasteiger partial charge < -0.3 is 0 Å². The molecule has 1 heterocycles. The van der Waals surface area contributed by atoms with Gasteiger partial charge in [0, 0.05) is 6.42 Å². The molecule has 0 saturated heterocycles. The van der Waals surface area contributed by atoms with E-state index in [-0.39, 0.29) is 18.0 Å². The maximum absolute atomic E-state index is 11.6. The highest BCUT2D eigenvalue weighted by molar-refractivity contribution is 5.99. The summed E-state index contributed by atoms with van der Waals surface area (Å²) in [5, 5.41) is 21.4. The van der Waals surface area contributed by atoms with Crippen LogP contribution in [0.1, 0.15) is 34.6 Å². The summed E-state index contributed by atoms with van der Waals surface area (Å²) in [6.07, 6.45) is 1.96. The van der Waals surface area contributed by atoms with E-state index in [1.54, 1.807) is 0 Å². The summed E-state index contributed by atoms with van der Waals surface area (Å²) >= 11 is 0. The Balaban J connectivity index is 2.59. The van der Waals surface area contributed by atoms with Crippen molar-refractivity contribution >= 4 is 5.78 Å². The average Bonchev–Trinajstić information content (AvgIpc) is 2.59. The fourth-order valence-electron chi connectivity index (χ4n) is 1.86. The van der Waals surface area contributed by atoms with Crippen LogP contribution in [0.25, 0.3) is 0 Å². The van der Waals surface area contributed by atoms with Crippen LogP contribution >= 0.6 is 0 Å². The molecule has 0 aromatic carbocycles. The minimum atomic E-state index is -0.0306. The van der Waals surface area contributed by atoms with Crippen LogP contribution < -0.4 is 0 Å². The first-order valence-electron chi connectivity index (χ1n) is 4.68. The van der Waals surface area contributed by atoms with Gasteiger partial charge in [-0.25, -0.2) is 0 Å². The van der Waals surface area contributed by atoms with Crippen LogP contribution in [0.2, 0.25) is 0 Å². The number of Topliss-reactive ketones (excluding diaryl/α,β-unsaturated/α-hetero) is 1. The van der Waals surface area contributed by atoms with E-state index in [9.17, 15) is 4.79 Å². The van der Waals surface area contributed by atoms with Gasteiger partial charge in [0.2, 0.25) is 0 Å². The van der Waals surface area contributed by atoms with E-state index in [1.807, 2.05) is 12.1 Å². The smallest absolute Gasteiger partial charge is 0.173 e. The predicted octanol–water partition coefficient (Wildman–Crippen LogP) is 0.797. The number of aromatic nitrogens is 2. The van der Waals surface area contributed by atoms with Crippen molar-refractivity contribution in [3.8, 4) is 12.1 Å². The maximum atomic E-state index is 11.6. The molecule has 5 heteroatoms. The van der Waals surface area contributed by atoms with E-state index < -0.39 is 0 Å². The number of nitrogens with zero attached hydrogens (tertiary/aromatic N) is 4. The molecular formula is C10H8N4O. The van der Waals surface area contributed by atoms with Crippen molar-refractivity contribution in [2.75, 3.05) is 0 Å². The van der Waals surface area contributed by atoms with Crippen molar-refractivity contribution in [1.82, 2.24) is 9.78 Å². The molecule has 1 aliphatic carbocycles. The predicted molar refractivity (Wildman–Crippen MR) is 49.8 cm³/mol. The zero-order chi connectivity index (χ0) is 10.8. The zero-order valence-corrected chi connectivity index (χ0v) is 8.03. The lowest BCUT2D eigenvalue weighted by molar-refractivity contribution is 0.0971. The van der Waals surface area contributed by atoms with Crippen LogP contribution in [0.15, 0.2) is 0 Å². The number of nitriles is 2. The third kappa shape index (κ3) is 1.38. The molecule has 0 fully saturated rings. The van der Waals surface area contributed by atoms with Gasteiger partial charge in [0.05, 0.1) is 17.3 Å². The van der Waals surface area contributed by atoms with E-state index in [1.165, 1.54) is 4.68 Å². The third-order valence-electron chi connectivity index (χ3n) is 2.48. The van der Waals surface area contributed by atoms with Crippen molar-refractivity contribution < 1.29 is 4.79 Å². The van der Waals surface area contributed by atoms with Gasteiger partial charge >= 0.3 is 0 Å². The Hall–Kier alpha value is -2.14. The number of ketones is 1. The Labute approximate surface area is 86.5 Å². The normalized spacial score (nSPS) is 14.1. The van der Waals surface area contributed by atoms with Crippen LogP contribution in [-0.4, -0.2) is 15.6 Å². The van der Waals surface area contributed by atoms with Crippen molar-refractivity contribution in [1.29, 1.82) is 10.5 Å². The molecule has 5 nitrogen and oxygen atoms in total. The van der Waals surface area contributed by atoms with Gasteiger partial charge in [0.25, 0.3) is 0 Å². The van der Waals surface area contributed by atoms with Gasteiger partial charge in [0.15, 0.2) is 11.5 Å². The summed E-state index contributed by atoms with van der Waals surface area (Å²) in [5.74, 6) is -0.0306. The Bertz CT molecular complexity index is 501. The highest BCUT2D eigenvalue weighted by Crippen LogP contribution is 2.23. The first-order valence-corrected chi connectivity index (χ1v) is 4.68. The molecule has 1 aromatic heterocycles. The molecule has 2 rings (SSSR count). The molecule has 1 aromatic rings. The second kappa shape index (κ2) is 3.55. The summed E-state index contributed by atoms with van der Waals surface area (Å²) in [5.41, 5.74) is 1.33. The number of hydrogen-bond donors (Lipinski definition) is 0. The van der Waals surface area contributed by atoms with Crippen LogP contribution in [0.5, 0.6) is 0 Å². The number of fused-ring (bicyclic) bond motifs is 1. The van der Waals surface area contributed by atoms with Gasteiger partial charge in [-0.3, -0.25) is 9.48 Å². The zero-order valence-electron chi connectivity index (χ0n) is 8.03. The molecule has 0 radical (unpaired) electrons. The highest BCUT2D eigenvalue weighted by atomic mass is 16.1. The summed E-state index contributed by atoms with van der Waals surface area (Å²) in [7, 11) is 0. The van der Waals surface area contributed by atoms with Crippen LogP contribution in [0.4, 0.5) is 0 Å². The fourth-order valence-corrected chi connectivity index (χ4v) is 1.86. The number of hydrogen-bond acceptors (Lipinski definition) is 4. The van der Waals surface area contributed by atoms with E-state index in [0.29, 0.717) is 12.0 Å². The topological polar surface area (TPSA) is 82.5 Å². The Kier molecular flexibility index (Phi) is 2.23. The van der Waals surface area contributed by atoms with Crippen LogP contribution in [0.3, 0.4) is 0 Å².